The number of rotatable bonds is 4. The third-order valence-corrected chi connectivity index (χ3v) is 2.80. The Hall–Kier alpha value is -0.870. The molecule has 1 aliphatic heterocycles. The number of azide groups is 1. The van der Waals surface area contributed by atoms with Gasteiger partial charge in [-0.25, -0.2) is 8.78 Å². The molecule has 1 atom stereocenters. The SMILES string of the molecule is CC(F)(F)C1CCCN(CCN=[N+]=[N-])C1. The average Bonchev–Trinajstić information content (AvgIpc) is 2.17. The molecule has 1 rings (SSSR count). The molecule has 0 N–H and O–H groups in total. The van der Waals surface area contributed by atoms with E-state index in [0.717, 1.165) is 19.9 Å². The van der Waals surface area contributed by atoms with E-state index in [1.54, 1.807) is 0 Å². The van der Waals surface area contributed by atoms with Crippen LogP contribution in [0.15, 0.2) is 5.11 Å². The third kappa shape index (κ3) is 4.01. The van der Waals surface area contributed by atoms with Crippen LogP contribution >= 0.6 is 0 Å². The van der Waals surface area contributed by atoms with Crippen molar-refractivity contribution < 1.29 is 8.78 Å². The van der Waals surface area contributed by atoms with Gasteiger partial charge in [-0.05, 0) is 31.8 Å². The third-order valence-electron chi connectivity index (χ3n) is 2.80. The van der Waals surface area contributed by atoms with Crippen molar-refractivity contribution in [2.45, 2.75) is 25.7 Å². The van der Waals surface area contributed by atoms with Crippen LogP contribution in [0.4, 0.5) is 8.78 Å². The van der Waals surface area contributed by atoms with Gasteiger partial charge in [0.1, 0.15) is 0 Å². The minimum absolute atomic E-state index is 0.360. The molecule has 0 radical (unpaired) electrons. The molecule has 1 saturated heterocycles. The largest absolute Gasteiger partial charge is 0.303 e. The van der Waals surface area contributed by atoms with Crippen molar-refractivity contribution in [2.24, 2.45) is 11.0 Å². The molecule has 6 heteroatoms. The zero-order valence-corrected chi connectivity index (χ0v) is 8.86. The lowest BCUT2D eigenvalue weighted by molar-refractivity contribution is -0.0657. The molecule has 1 unspecified atom stereocenters. The highest BCUT2D eigenvalue weighted by Crippen LogP contribution is 2.31. The first-order chi connectivity index (χ1) is 7.04. The fourth-order valence-electron chi connectivity index (χ4n) is 1.90. The van der Waals surface area contributed by atoms with Gasteiger partial charge in [0.15, 0.2) is 0 Å². The molecule has 4 nitrogen and oxygen atoms in total. The molecule has 0 aromatic heterocycles. The van der Waals surface area contributed by atoms with Crippen molar-refractivity contribution in [3.05, 3.63) is 10.4 Å². The van der Waals surface area contributed by atoms with Crippen LogP contribution in [0.25, 0.3) is 10.4 Å². The van der Waals surface area contributed by atoms with Crippen LogP contribution in [0.1, 0.15) is 19.8 Å². The van der Waals surface area contributed by atoms with Crippen LogP contribution in [-0.4, -0.2) is 37.0 Å². The number of piperidine rings is 1. The summed E-state index contributed by atoms with van der Waals surface area (Å²) in [4.78, 5) is 4.58. The molecular weight excluding hydrogens is 202 g/mol. The van der Waals surface area contributed by atoms with Crippen molar-refractivity contribution in [1.29, 1.82) is 0 Å². The van der Waals surface area contributed by atoms with E-state index >= 15 is 0 Å². The van der Waals surface area contributed by atoms with Gasteiger partial charge in [-0.1, -0.05) is 5.11 Å². The van der Waals surface area contributed by atoms with Crippen molar-refractivity contribution >= 4 is 0 Å². The predicted molar refractivity (Wildman–Crippen MR) is 53.8 cm³/mol. The Labute approximate surface area is 87.9 Å². The Morgan fingerprint density at radius 2 is 2.33 bits per heavy atom. The van der Waals surface area contributed by atoms with E-state index in [2.05, 4.69) is 10.0 Å². The Bertz CT molecular complexity index is 245. The van der Waals surface area contributed by atoms with Crippen molar-refractivity contribution in [3.8, 4) is 0 Å². The summed E-state index contributed by atoms with van der Waals surface area (Å²) >= 11 is 0. The second-order valence-electron chi connectivity index (χ2n) is 4.05. The molecule has 15 heavy (non-hydrogen) atoms. The lowest BCUT2D eigenvalue weighted by Gasteiger charge is -2.35. The van der Waals surface area contributed by atoms with E-state index in [9.17, 15) is 8.78 Å². The number of nitrogens with zero attached hydrogens (tertiary/aromatic N) is 4. The van der Waals surface area contributed by atoms with Gasteiger partial charge in [0, 0.05) is 30.5 Å². The number of alkyl halides is 2. The van der Waals surface area contributed by atoms with Gasteiger partial charge in [-0.3, -0.25) is 0 Å². The van der Waals surface area contributed by atoms with Gasteiger partial charge < -0.3 is 4.90 Å². The molecule has 0 saturated carbocycles. The fraction of sp³-hybridized carbons (Fsp3) is 1.00. The van der Waals surface area contributed by atoms with Crippen LogP contribution in [0, 0.1) is 5.92 Å². The van der Waals surface area contributed by atoms with Gasteiger partial charge in [-0.15, -0.1) is 0 Å². The molecule has 1 heterocycles. The molecule has 0 spiro atoms. The van der Waals surface area contributed by atoms with Crippen molar-refractivity contribution in [2.75, 3.05) is 26.2 Å². The van der Waals surface area contributed by atoms with E-state index in [1.165, 1.54) is 0 Å². The van der Waals surface area contributed by atoms with Gasteiger partial charge in [0.05, 0.1) is 0 Å². The van der Waals surface area contributed by atoms with Gasteiger partial charge in [-0.2, -0.15) is 0 Å². The maximum Gasteiger partial charge on any atom is 0.249 e. The predicted octanol–water partition coefficient (Wildman–Crippen LogP) is 2.66. The molecule has 86 valence electrons. The van der Waals surface area contributed by atoms with Gasteiger partial charge >= 0.3 is 0 Å². The summed E-state index contributed by atoms with van der Waals surface area (Å²) < 4.78 is 26.1. The Balaban J connectivity index is 2.38. The summed E-state index contributed by atoms with van der Waals surface area (Å²) in [5.74, 6) is -3.16. The molecule has 0 aromatic carbocycles. The summed E-state index contributed by atoms with van der Waals surface area (Å²) in [5.41, 5.74) is 8.10. The molecular formula is C9H16F2N4. The first kappa shape index (κ1) is 12.2. The molecule has 0 amide bonds. The molecule has 1 aliphatic rings. The Kier molecular flexibility index (Phi) is 4.29. The van der Waals surface area contributed by atoms with Crippen molar-refractivity contribution in [3.63, 3.8) is 0 Å². The van der Waals surface area contributed by atoms with E-state index in [4.69, 9.17) is 5.53 Å². The molecule has 0 bridgehead atoms. The maximum atomic E-state index is 13.1. The fourth-order valence-corrected chi connectivity index (χ4v) is 1.90. The Morgan fingerprint density at radius 3 is 2.93 bits per heavy atom. The van der Waals surface area contributed by atoms with Gasteiger partial charge in [0.25, 0.3) is 0 Å². The van der Waals surface area contributed by atoms with Crippen LogP contribution in [0.5, 0.6) is 0 Å². The summed E-state index contributed by atoms with van der Waals surface area (Å²) in [6.07, 6.45) is 1.38. The zero-order chi connectivity index (χ0) is 11.3. The first-order valence-electron chi connectivity index (χ1n) is 5.15. The lowest BCUT2D eigenvalue weighted by Crippen LogP contribution is -2.43. The average molecular weight is 218 g/mol. The molecule has 0 aliphatic carbocycles. The lowest BCUT2D eigenvalue weighted by atomic mass is 9.93. The van der Waals surface area contributed by atoms with E-state index in [1.807, 2.05) is 4.90 Å². The topological polar surface area (TPSA) is 52.0 Å². The smallest absolute Gasteiger partial charge is 0.249 e. The first-order valence-corrected chi connectivity index (χ1v) is 5.15. The monoisotopic (exact) mass is 218 g/mol. The number of halogens is 2. The number of hydrogen-bond donors (Lipinski definition) is 0. The highest BCUT2D eigenvalue weighted by Gasteiger charge is 2.36. The standard InChI is InChI=1S/C9H16F2N4/c1-9(10,11)8-3-2-5-15(7-8)6-4-13-14-12/h8H,2-7H2,1H3. The normalized spacial score (nSPS) is 23.5. The second-order valence-corrected chi connectivity index (χ2v) is 4.05. The van der Waals surface area contributed by atoms with Crippen LogP contribution in [-0.2, 0) is 0 Å². The van der Waals surface area contributed by atoms with Crippen molar-refractivity contribution in [1.82, 2.24) is 4.90 Å². The van der Waals surface area contributed by atoms with Gasteiger partial charge in [0.2, 0.25) is 5.92 Å². The van der Waals surface area contributed by atoms with E-state index in [-0.39, 0.29) is 0 Å². The summed E-state index contributed by atoms with van der Waals surface area (Å²) in [5, 5.41) is 3.40. The maximum absolute atomic E-state index is 13.1. The van der Waals surface area contributed by atoms with Crippen LogP contribution in [0.2, 0.25) is 0 Å². The Morgan fingerprint density at radius 1 is 1.60 bits per heavy atom. The van der Waals surface area contributed by atoms with Crippen LogP contribution < -0.4 is 0 Å². The minimum Gasteiger partial charge on any atom is -0.303 e. The molecule has 0 aromatic rings. The molecule has 1 fully saturated rings. The minimum atomic E-state index is -2.60. The quantitative estimate of drug-likeness (QED) is 0.406. The number of likely N-dealkylation sites (tertiary alicyclic amines) is 1. The van der Waals surface area contributed by atoms with Crippen LogP contribution in [0.3, 0.4) is 0 Å². The highest BCUT2D eigenvalue weighted by molar-refractivity contribution is 4.81. The van der Waals surface area contributed by atoms with E-state index < -0.39 is 11.8 Å². The summed E-state index contributed by atoms with van der Waals surface area (Å²) in [6.45, 7) is 3.15. The number of hydrogen-bond acceptors (Lipinski definition) is 2. The van der Waals surface area contributed by atoms with E-state index in [0.29, 0.717) is 26.1 Å². The summed E-state index contributed by atoms with van der Waals surface area (Å²) in [6, 6.07) is 0. The highest BCUT2D eigenvalue weighted by atomic mass is 19.3. The summed E-state index contributed by atoms with van der Waals surface area (Å²) in [7, 11) is 0. The zero-order valence-electron chi connectivity index (χ0n) is 8.86. The second kappa shape index (κ2) is 5.28.